The highest BCUT2D eigenvalue weighted by Gasteiger charge is 2.13. The Balaban J connectivity index is 2.73. The second kappa shape index (κ2) is 5.90. The van der Waals surface area contributed by atoms with Crippen LogP contribution in [0.15, 0.2) is 18.2 Å². The van der Waals surface area contributed by atoms with Crippen LogP contribution in [0.25, 0.3) is 0 Å². The van der Waals surface area contributed by atoms with Gasteiger partial charge in [-0.2, -0.15) is 0 Å². The molecule has 0 heterocycles. The van der Waals surface area contributed by atoms with E-state index in [0.29, 0.717) is 5.02 Å². The van der Waals surface area contributed by atoms with Crippen LogP contribution in [-0.4, -0.2) is 5.91 Å². The molecule has 0 bridgehead atoms. The maximum atomic E-state index is 11.8. The lowest BCUT2D eigenvalue weighted by atomic mass is 10.1. The first-order chi connectivity index (χ1) is 7.56. The summed E-state index contributed by atoms with van der Waals surface area (Å²) < 4.78 is 0. The molecule has 0 radical (unpaired) electrons. The van der Waals surface area contributed by atoms with Gasteiger partial charge in [-0.1, -0.05) is 37.9 Å². The van der Waals surface area contributed by atoms with E-state index in [1.54, 1.807) is 0 Å². The van der Waals surface area contributed by atoms with Gasteiger partial charge in [0.05, 0.1) is 0 Å². The van der Waals surface area contributed by atoms with Crippen LogP contribution < -0.4 is 5.32 Å². The van der Waals surface area contributed by atoms with E-state index in [9.17, 15) is 4.79 Å². The first-order valence-corrected chi connectivity index (χ1v) is 6.00. The van der Waals surface area contributed by atoms with Crippen molar-refractivity contribution in [2.24, 2.45) is 5.92 Å². The van der Waals surface area contributed by atoms with E-state index in [1.807, 2.05) is 32.0 Å². The molecule has 88 valence electrons. The third-order valence-electron chi connectivity index (χ3n) is 2.69. The summed E-state index contributed by atoms with van der Waals surface area (Å²) in [5.41, 5.74) is 1.72. The molecule has 0 spiro atoms. The van der Waals surface area contributed by atoms with Crippen molar-refractivity contribution in [2.45, 2.75) is 33.6 Å². The van der Waals surface area contributed by atoms with Crippen LogP contribution in [0.2, 0.25) is 5.02 Å². The largest absolute Gasteiger partial charge is 0.326 e. The third kappa shape index (κ3) is 3.24. The summed E-state index contributed by atoms with van der Waals surface area (Å²) in [6.45, 7) is 5.93. The lowest BCUT2D eigenvalue weighted by molar-refractivity contribution is -0.119. The number of hydrogen-bond acceptors (Lipinski definition) is 1. The summed E-state index contributed by atoms with van der Waals surface area (Å²) in [4.78, 5) is 11.8. The fourth-order valence-electron chi connectivity index (χ4n) is 1.56. The van der Waals surface area contributed by atoms with E-state index in [2.05, 4.69) is 12.2 Å². The van der Waals surface area contributed by atoms with Gasteiger partial charge in [-0.15, -0.1) is 0 Å². The monoisotopic (exact) mass is 239 g/mol. The summed E-state index contributed by atoms with van der Waals surface area (Å²) in [5.74, 6) is 0.107. The van der Waals surface area contributed by atoms with Crippen molar-refractivity contribution in [3.8, 4) is 0 Å². The molecule has 0 unspecified atom stereocenters. The van der Waals surface area contributed by atoms with Gasteiger partial charge < -0.3 is 5.32 Å². The molecular formula is C13H18ClNO. The Kier molecular flexibility index (Phi) is 4.81. The molecular weight excluding hydrogens is 222 g/mol. The lowest BCUT2D eigenvalue weighted by Crippen LogP contribution is -2.20. The van der Waals surface area contributed by atoms with Gasteiger partial charge >= 0.3 is 0 Å². The summed E-state index contributed by atoms with van der Waals surface area (Å²) in [7, 11) is 0. The lowest BCUT2D eigenvalue weighted by Gasteiger charge is -2.13. The van der Waals surface area contributed by atoms with Crippen molar-refractivity contribution in [1.29, 1.82) is 0 Å². The quantitative estimate of drug-likeness (QED) is 0.845. The average molecular weight is 240 g/mol. The summed E-state index contributed by atoms with van der Waals surface area (Å²) in [5, 5.41) is 3.59. The summed E-state index contributed by atoms with van der Waals surface area (Å²) in [6, 6.07) is 5.54. The van der Waals surface area contributed by atoms with Crippen molar-refractivity contribution in [3.05, 3.63) is 28.8 Å². The van der Waals surface area contributed by atoms with Gasteiger partial charge in [0.15, 0.2) is 0 Å². The van der Waals surface area contributed by atoms with Gasteiger partial charge in [-0.25, -0.2) is 0 Å². The zero-order chi connectivity index (χ0) is 12.1. The Labute approximate surface area is 102 Å². The first-order valence-electron chi connectivity index (χ1n) is 5.62. The van der Waals surface area contributed by atoms with Gasteiger partial charge in [0.25, 0.3) is 0 Å². The Bertz CT molecular complexity index is 376. The van der Waals surface area contributed by atoms with Crippen molar-refractivity contribution >= 4 is 23.2 Å². The maximum Gasteiger partial charge on any atom is 0.227 e. The van der Waals surface area contributed by atoms with Crippen molar-refractivity contribution < 1.29 is 4.79 Å². The number of carbonyl (C=O) groups excluding carboxylic acids is 1. The van der Waals surface area contributed by atoms with Crippen molar-refractivity contribution in [2.75, 3.05) is 5.32 Å². The highest BCUT2D eigenvalue weighted by molar-refractivity contribution is 6.31. The smallest absolute Gasteiger partial charge is 0.227 e. The number of anilines is 1. The van der Waals surface area contributed by atoms with Gasteiger partial charge in [0, 0.05) is 16.6 Å². The molecule has 0 aliphatic carbocycles. The number of amides is 1. The van der Waals surface area contributed by atoms with Crippen LogP contribution in [0.4, 0.5) is 5.69 Å². The predicted octanol–water partition coefficient (Wildman–Crippen LogP) is 4.02. The van der Waals surface area contributed by atoms with Gasteiger partial charge in [0.1, 0.15) is 0 Å². The number of nitrogens with one attached hydrogen (secondary N) is 1. The minimum absolute atomic E-state index is 0.0448. The minimum Gasteiger partial charge on any atom is -0.326 e. The molecule has 16 heavy (non-hydrogen) atoms. The fraction of sp³-hybridized carbons (Fsp3) is 0.462. The molecule has 2 nitrogen and oxygen atoms in total. The van der Waals surface area contributed by atoms with Crippen molar-refractivity contribution in [3.63, 3.8) is 0 Å². The molecule has 1 aromatic rings. The molecule has 3 heteroatoms. The van der Waals surface area contributed by atoms with Crippen LogP contribution in [0.5, 0.6) is 0 Å². The Morgan fingerprint density at radius 2 is 2.19 bits per heavy atom. The molecule has 0 aliphatic rings. The van der Waals surface area contributed by atoms with E-state index in [1.165, 1.54) is 0 Å². The second-order valence-corrected chi connectivity index (χ2v) is 4.50. The van der Waals surface area contributed by atoms with Crippen LogP contribution >= 0.6 is 11.6 Å². The van der Waals surface area contributed by atoms with Gasteiger partial charge in [-0.05, 0) is 31.0 Å². The van der Waals surface area contributed by atoms with Gasteiger partial charge in [-0.3, -0.25) is 4.79 Å². The number of hydrogen-bond donors (Lipinski definition) is 1. The third-order valence-corrected chi connectivity index (χ3v) is 3.10. The van der Waals surface area contributed by atoms with E-state index < -0.39 is 0 Å². The van der Waals surface area contributed by atoms with E-state index in [-0.39, 0.29) is 11.8 Å². The predicted molar refractivity (Wildman–Crippen MR) is 68.9 cm³/mol. The number of halogens is 1. The number of rotatable bonds is 4. The number of benzene rings is 1. The van der Waals surface area contributed by atoms with Crippen LogP contribution in [0.3, 0.4) is 0 Å². The van der Waals surface area contributed by atoms with Crippen molar-refractivity contribution in [1.82, 2.24) is 0 Å². The molecule has 1 aromatic carbocycles. The zero-order valence-electron chi connectivity index (χ0n) is 10.0. The maximum absolute atomic E-state index is 11.8. The summed E-state index contributed by atoms with van der Waals surface area (Å²) in [6.07, 6.45) is 1.93. The fourth-order valence-corrected chi connectivity index (χ4v) is 1.74. The minimum atomic E-state index is 0.0448. The molecule has 1 amide bonds. The Hall–Kier alpha value is -1.02. The molecule has 1 rings (SSSR count). The molecule has 0 saturated heterocycles. The SMILES string of the molecule is CCC[C@@H](C)C(=O)Nc1cccc(Cl)c1C. The highest BCUT2D eigenvalue weighted by atomic mass is 35.5. The van der Waals surface area contributed by atoms with Gasteiger partial charge in [0.2, 0.25) is 5.91 Å². The Morgan fingerprint density at radius 1 is 1.50 bits per heavy atom. The Morgan fingerprint density at radius 3 is 2.81 bits per heavy atom. The van der Waals surface area contributed by atoms with Crippen LogP contribution in [-0.2, 0) is 4.79 Å². The standard InChI is InChI=1S/C13H18ClNO/c1-4-6-9(2)13(16)15-12-8-5-7-11(14)10(12)3/h5,7-9H,4,6H2,1-3H3,(H,15,16)/t9-/m1/s1. The molecule has 0 aliphatic heterocycles. The molecule has 0 fully saturated rings. The zero-order valence-corrected chi connectivity index (χ0v) is 10.8. The molecule has 1 atom stereocenters. The molecule has 0 saturated carbocycles. The molecule has 0 aromatic heterocycles. The average Bonchev–Trinajstić information content (AvgIpc) is 2.25. The highest BCUT2D eigenvalue weighted by Crippen LogP contribution is 2.23. The second-order valence-electron chi connectivity index (χ2n) is 4.09. The van der Waals surface area contributed by atoms with E-state index in [0.717, 1.165) is 24.1 Å². The van der Waals surface area contributed by atoms with E-state index in [4.69, 9.17) is 11.6 Å². The topological polar surface area (TPSA) is 29.1 Å². The summed E-state index contributed by atoms with van der Waals surface area (Å²) >= 11 is 5.99. The van der Waals surface area contributed by atoms with Crippen LogP contribution in [0, 0.1) is 12.8 Å². The first kappa shape index (κ1) is 13.0. The van der Waals surface area contributed by atoms with E-state index >= 15 is 0 Å². The normalized spacial score (nSPS) is 12.2. The van der Waals surface area contributed by atoms with Crippen LogP contribution in [0.1, 0.15) is 32.3 Å². The molecule has 1 N–H and O–H groups in total. The number of carbonyl (C=O) groups is 1.